The molecule has 0 bridgehead atoms. The Balaban J connectivity index is 2.76. The van der Waals surface area contributed by atoms with Gasteiger partial charge in [-0.1, -0.05) is 0 Å². The SMILES string of the molecule is Nc1[nH]ncc1-c1c(F)cc(O)c(Br)c1F. The van der Waals surface area contributed by atoms with Gasteiger partial charge >= 0.3 is 0 Å². The Kier molecular flexibility index (Phi) is 2.55. The maximum atomic E-state index is 13.7. The summed E-state index contributed by atoms with van der Waals surface area (Å²) >= 11 is 2.81. The van der Waals surface area contributed by atoms with Gasteiger partial charge in [-0.15, -0.1) is 0 Å². The van der Waals surface area contributed by atoms with E-state index in [1.807, 2.05) is 0 Å². The largest absolute Gasteiger partial charge is 0.507 e. The number of benzene rings is 1. The maximum Gasteiger partial charge on any atom is 0.152 e. The van der Waals surface area contributed by atoms with Crippen molar-refractivity contribution in [1.82, 2.24) is 10.2 Å². The molecule has 2 rings (SSSR count). The third-order valence-corrected chi connectivity index (χ3v) is 2.83. The molecule has 0 aliphatic rings. The van der Waals surface area contributed by atoms with E-state index in [0.29, 0.717) is 0 Å². The van der Waals surface area contributed by atoms with Crippen LogP contribution >= 0.6 is 15.9 Å². The molecule has 0 saturated heterocycles. The van der Waals surface area contributed by atoms with Crippen LogP contribution in [-0.4, -0.2) is 15.3 Å². The van der Waals surface area contributed by atoms with Gasteiger partial charge in [-0.05, 0) is 15.9 Å². The van der Waals surface area contributed by atoms with Crippen molar-refractivity contribution in [2.75, 3.05) is 5.73 Å². The van der Waals surface area contributed by atoms with E-state index in [9.17, 15) is 13.9 Å². The zero-order valence-corrected chi connectivity index (χ0v) is 9.35. The molecule has 0 atom stereocenters. The normalized spacial score (nSPS) is 10.7. The lowest BCUT2D eigenvalue weighted by molar-refractivity contribution is 0.456. The van der Waals surface area contributed by atoms with Crippen molar-refractivity contribution in [3.63, 3.8) is 0 Å². The predicted octanol–water partition coefficient (Wildman–Crippen LogP) is 2.41. The molecule has 1 aromatic carbocycles. The van der Waals surface area contributed by atoms with Crippen molar-refractivity contribution in [1.29, 1.82) is 0 Å². The lowest BCUT2D eigenvalue weighted by atomic mass is 10.1. The molecule has 1 heterocycles. The van der Waals surface area contributed by atoms with Crippen LogP contribution < -0.4 is 5.73 Å². The van der Waals surface area contributed by atoms with Crippen LogP contribution in [0.3, 0.4) is 0 Å². The van der Waals surface area contributed by atoms with Crippen molar-refractivity contribution >= 4 is 21.7 Å². The molecule has 0 unspecified atom stereocenters. The number of rotatable bonds is 1. The highest BCUT2D eigenvalue weighted by Crippen LogP contribution is 2.37. The summed E-state index contributed by atoms with van der Waals surface area (Å²) in [7, 11) is 0. The van der Waals surface area contributed by atoms with E-state index in [1.54, 1.807) is 0 Å². The first-order valence-electron chi connectivity index (χ1n) is 4.18. The van der Waals surface area contributed by atoms with E-state index in [-0.39, 0.29) is 21.4 Å². The third-order valence-electron chi connectivity index (χ3n) is 2.08. The van der Waals surface area contributed by atoms with Crippen LogP contribution in [0.5, 0.6) is 5.75 Å². The molecule has 0 fully saturated rings. The fourth-order valence-corrected chi connectivity index (χ4v) is 1.64. The highest BCUT2D eigenvalue weighted by Gasteiger charge is 2.20. The second-order valence-electron chi connectivity index (χ2n) is 3.08. The van der Waals surface area contributed by atoms with Crippen LogP contribution in [0.2, 0.25) is 0 Å². The maximum absolute atomic E-state index is 13.7. The summed E-state index contributed by atoms with van der Waals surface area (Å²) in [6.07, 6.45) is 1.21. The first-order valence-corrected chi connectivity index (χ1v) is 4.97. The molecule has 0 spiro atoms. The van der Waals surface area contributed by atoms with Gasteiger partial charge in [-0.2, -0.15) is 5.10 Å². The summed E-state index contributed by atoms with van der Waals surface area (Å²) in [5.41, 5.74) is 5.24. The van der Waals surface area contributed by atoms with Crippen LogP contribution in [0.25, 0.3) is 11.1 Å². The van der Waals surface area contributed by atoms with Crippen LogP contribution in [0.4, 0.5) is 14.6 Å². The molecule has 0 radical (unpaired) electrons. The first-order chi connectivity index (χ1) is 7.52. The lowest BCUT2D eigenvalue weighted by Gasteiger charge is -2.07. The van der Waals surface area contributed by atoms with Gasteiger partial charge in [0.1, 0.15) is 17.4 Å². The van der Waals surface area contributed by atoms with E-state index in [4.69, 9.17) is 5.73 Å². The zero-order valence-electron chi connectivity index (χ0n) is 7.76. The molecular formula is C9H6BrF2N3O. The Morgan fingerprint density at radius 2 is 2.12 bits per heavy atom. The smallest absolute Gasteiger partial charge is 0.152 e. The molecule has 0 saturated carbocycles. The van der Waals surface area contributed by atoms with Crippen molar-refractivity contribution in [2.45, 2.75) is 0 Å². The van der Waals surface area contributed by atoms with Crippen LogP contribution in [-0.2, 0) is 0 Å². The molecule has 16 heavy (non-hydrogen) atoms. The van der Waals surface area contributed by atoms with E-state index < -0.39 is 17.4 Å². The number of nitrogens with two attached hydrogens (primary N) is 1. The molecule has 0 aliphatic carbocycles. The number of nitrogen functional groups attached to an aromatic ring is 1. The Bertz CT molecular complexity index is 556. The van der Waals surface area contributed by atoms with Gasteiger partial charge in [0.05, 0.1) is 16.2 Å². The third kappa shape index (κ3) is 1.53. The second kappa shape index (κ2) is 3.75. The monoisotopic (exact) mass is 289 g/mol. The summed E-state index contributed by atoms with van der Waals surface area (Å²) in [6.45, 7) is 0. The molecule has 2 aromatic rings. The Morgan fingerprint density at radius 3 is 2.69 bits per heavy atom. The number of phenols is 1. The number of hydrogen-bond donors (Lipinski definition) is 3. The molecule has 0 amide bonds. The number of halogens is 3. The second-order valence-corrected chi connectivity index (χ2v) is 3.87. The Morgan fingerprint density at radius 1 is 1.44 bits per heavy atom. The fraction of sp³-hybridized carbons (Fsp3) is 0. The zero-order chi connectivity index (χ0) is 11.9. The van der Waals surface area contributed by atoms with Gasteiger partial charge in [0, 0.05) is 11.6 Å². The first kappa shape index (κ1) is 10.9. The minimum absolute atomic E-state index is 0.0513. The van der Waals surface area contributed by atoms with Crippen LogP contribution in [0.1, 0.15) is 0 Å². The number of aromatic nitrogens is 2. The summed E-state index contributed by atoms with van der Waals surface area (Å²) < 4.78 is 27.0. The lowest BCUT2D eigenvalue weighted by Crippen LogP contribution is -1.95. The average Bonchev–Trinajstić information content (AvgIpc) is 2.62. The topological polar surface area (TPSA) is 74.9 Å². The standard InChI is InChI=1S/C9H6BrF2N3O/c10-7-5(16)1-4(11)6(8(7)12)3-2-14-15-9(3)13/h1-2,16H,(H3,13,14,15). The summed E-state index contributed by atoms with van der Waals surface area (Å²) in [5, 5.41) is 15.1. The van der Waals surface area contributed by atoms with E-state index in [2.05, 4.69) is 26.1 Å². The van der Waals surface area contributed by atoms with Gasteiger partial charge in [-0.3, -0.25) is 5.10 Å². The summed E-state index contributed by atoms with van der Waals surface area (Å²) in [4.78, 5) is 0. The minimum atomic E-state index is -0.925. The van der Waals surface area contributed by atoms with Gasteiger partial charge in [0.15, 0.2) is 5.82 Å². The number of anilines is 1. The fourth-order valence-electron chi connectivity index (χ4n) is 1.32. The van der Waals surface area contributed by atoms with Crippen molar-refractivity contribution in [3.05, 3.63) is 28.4 Å². The quantitative estimate of drug-likeness (QED) is 0.706. The van der Waals surface area contributed by atoms with E-state index in [0.717, 1.165) is 6.07 Å². The number of aromatic hydroxyl groups is 1. The molecular weight excluding hydrogens is 284 g/mol. The molecule has 0 aliphatic heterocycles. The van der Waals surface area contributed by atoms with E-state index >= 15 is 0 Å². The van der Waals surface area contributed by atoms with Gasteiger partial charge in [0.2, 0.25) is 0 Å². The van der Waals surface area contributed by atoms with Crippen molar-refractivity contribution in [3.8, 4) is 16.9 Å². The van der Waals surface area contributed by atoms with Crippen LogP contribution in [0, 0.1) is 11.6 Å². The van der Waals surface area contributed by atoms with E-state index in [1.165, 1.54) is 6.20 Å². The number of nitrogens with one attached hydrogen (secondary N) is 1. The van der Waals surface area contributed by atoms with Crippen molar-refractivity contribution in [2.24, 2.45) is 0 Å². The van der Waals surface area contributed by atoms with Gasteiger partial charge in [-0.25, -0.2) is 8.78 Å². The van der Waals surface area contributed by atoms with Crippen molar-refractivity contribution < 1.29 is 13.9 Å². The Hall–Kier alpha value is -1.63. The summed E-state index contributed by atoms with van der Waals surface area (Å²) in [6, 6.07) is 0.801. The van der Waals surface area contributed by atoms with Gasteiger partial charge in [0.25, 0.3) is 0 Å². The number of phenolic OH excluding ortho intramolecular Hbond substituents is 1. The Labute approximate surface area is 97.2 Å². The molecule has 84 valence electrons. The molecule has 4 nitrogen and oxygen atoms in total. The molecule has 4 N–H and O–H groups in total. The molecule has 7 heteroatoms. The predicted molar refractivity (Wildman–Crippen MR) is 57.7 cm³/mol. The van der Waals surface area contributed by atoms with Crippen LogP contribution in [0.15, 0.2) is 16.7 Å². The number of H-pyrrole nitrogens is 1. The average molecular weight is 290 g/mol. The number of nitrogens with zero attached hydrogens (tertiary/aromatic N) is 1. The summed E-state index contributed by atoms with van der Waals surface area (Å²) in [5.74, 6) is -2.30. The number of hydrogen-bond acceptors (Lipinski definition) is 3. The minimum Gasteiger partial charge on any atom is -0.507 e. The molecule has 1 aromatic heterocycles. The number of aromatic amines is 1. The highest BCUT2D eigenvalue weighted by molar-refractivity contribution is 9.10. The highest BCUT2D eigenvalue weighted by atomic mass is 79.9. The van der Waals surface area contributed by atoms with Gasteiger partial charge < -0.3 is 10.8 Å².